The molecule has 92 valence electrons. The molecule has 0 N–H and O–H groups in total. The van der Waals surface area contributed by atoms with Crippen LogP contribution in [0.4, 0.5) is 0 Å². The monoisotopic (exact) mass is 251 g/mol. The highest BCUT2D eigenvalue weighted by molar-refractivity contribution is 6.31. The van der Waals surface area contributed by atoms with Crippen LogP contribution in [-0.4, -0.2) is 10.8 Å². The lowest BCUT2D eigenvalue weighted by Crippen LogP contribution is -2.16. The summed E-state index contributed by atoms with van der Waals surface area (Å²) in [6, 6.07) is 1.84. The van der Waals surface area contributed by atoms with Gasteiger partial charge in [-0.1, -0.05) is 37.3 Å². The maximum Gasteiger partial charge on any atom is 0.140 e. The van der Waals surface area contributed by atoms with Crippen LogP contribution >= 0.6 is 11.6 Å². The predicted octanol–water partition coefficient (Wildman–Crippen LogP) is 3.82. The zero-order valence-electron chi connectivity index (χ0n) is 9.99. The maximum atomic E-state index is 12.2. The highest BCUT2D eigenvalue weighted by atomic mass is 35.5. The number of pyridine rings is 1. The van der Waals surface area contributed by atoms with Gasteiger partial charge < -0.3 is 0 Å². The van der Waals surface area contributed by atoms with Crippen molar-refractivity contribution in [2.24, 2.45) is 5.92 Å². The minimum atomic E-state index is 0.252. The van der Waals surface area contributed by atoms with E-state index in [-0.39, 0.29) is 5.92 Å². The Kier molecular flexibility index (Phi) is 4.55. The molecule has 1 heterocycles. The van der Waals surface area contributed by atoms with Gasteiger partial charge in [-0.2, -0.15) is 0 Å². The van der Waals surface area contributed by atoms with Crippen molar-refractivity contribution in [1.82, 2.24) is 4.98 Å². The summed E-state index contributed by atoms with van der Waals surface area (Å²) >= 11 is 6.02. The molecule has 0 radical (unpaired) electrons. The Labute approximate surface area is 107 Å². The summed E-state index contributed by atoms with van der Waals surface area (Å²) in [5.74, 6) is 0.599. The molecule has 0 amide bonds. The molecule has 0 spiro atoms. The Morgan fingerprint density at radius 1 is 1.29 bits per heavy atom. The SMILES string of the molecule is O=C(Cc1ccncc1Cl)C1CCCCCC1. The van der Waals surface area contributed by atoms with Crippen molar-refractivity contribution in [3.8, 4) is 0 Å². The second-order valence-electron chi connectivity index (χ2n) is 4.80. The van der Waals surface area contributed by atoms with Crippen molar-refractivity contribution in [2.75, 3.05) is 0 Å². The standard InChI is InChI=1S/C14H18ClNO/c15-13-10-16-8-7-12(13)9-14(17)11-5-3-1-2-4-6-11/h7-8,10-11H,1-6,9H2. The molecule has 3 heteroatoms. The Hall–Kier alpha value is -0.890. The van der Waals surface area contributed by atoms with Crippen molar-refractivity contribution in [2.45, 2.75) is 44.9 Å². The van der Waals surface area contributed by atoms with E-state index in [1.54, 1.807) is 12.4 Å². The Morgan fingerprint density at radius 2 is 2.00 bits per heavy atom. The van der Waals surface area contributed by atoms with Crippen LogP contribution in [0.1, 0.15) is 44.1 Å². The number of Topliss-reactive ketones (excluding diaryl/α,β-unsaturated/α-hetero) is 1. The fourth-order valence-electron chi connectivity index (χ4n) is 2.48. The van der Waals surface area contributed by atoms with Crippen LogP contribution in [0.3, 0.4) is 0 Å². The first-order valence-corrected chi connectivity index (χ1v) is 6.76. The van der Waals surface area contributed by atoms with Gasteiger partial charge in [0.2, 0.25) is 0 Å². The van der Waals surface area contributed by atoms with E-state index in [1.165, 1.54) is 25.7 Å². The van der Waals surface area contributed by atoms with E-state index in [0.717, 1.165) is 18.4 Å². The molecule has 1 aromatic rings. The first-order valence-electron chi connectivity index (χ1n) is 6.38. The van der Waals surface area contributed by atoms with Gasteiger partial charge in [-0.25, -0.2) is 0 Å². The van der Waals surface area contributed by atoms with Gasteiger partial charge in [-0.05, 0) is 24.5 Å². The number of halogens is 1. The third-order valence-corrected chi connectivity index (χ3v) is 3.87. The van der Waals surface area contributed by atoms with Crippen molar-refractivity contribution >= 4 is 17.4 Å². The zero-order chi connectivity index (χ0) is 12.1. The van der Waals surface area contributed by atoms with Crippen molar-refractivity contribution in [1.29, 1.82) is 0 Å². The van der Waals surface area contributed by atoms with Crippen LogP contribution in [0.25, 0.3) is 0 Å². The van der Waals surface area contributed by atoms with Gasteiger partial charge in [-0.15, -0.1) is 0 Å². The highest BCUT2D eigenvalue weighted by Crippen LogP contribution is 2.25. The average molecular weight is 252 g/mol. The number of carbonyl (C=O) groups is 1. The number of aromatic nitrogens is 1. The van der Waals surface area contributed by atoms with Crippen LogP contribution in [0, 0.1) is 5.92 Å². The first-order chi connectivity index (χ1) is 8.27. The molecule has 1 aliphatic rings. The lowest BCUT2D eigenvalue weighted by Gasteiger charge is -2.12. The number of nitrogens with zero attached hydrogens (tertiary/aromatic N) is 1. The summed E-state index contributed by atoms with van der Waals surface area (Å²) in [6.45, 7) is 0. The van der Waals surface area contributed by atoms with Gasteiger partial charge in [-0.3, -0.25) is 9.78 Å². The Balaban J connectivity index is 1.98. The topological polar surface area (TPSA) is 30.0 Å². The minimum absolute atomic E-state index is 0.252. The molecule has 0 unspecified atom stereocenters. The summed E-state index contributed by atoms with van der Waals surface area (Å²) < 4.78 is 0. The molecule has 0 aliphatic heterocycles. The lowest BCUT2D eigenvalue weighted by atomic mass is 9.92. The fourth-order valence-corrected chi connectivity index (χ4v) is 2.67. The first kappa shape index (κ1) is 12.6. The fraction of sp³-hybridized carbons (Fsp3) is 0.571. The second-order valence-corrected chi connectivity index (χ2v) is 5.21. The molecule has 1 saturated carbocycles. The van der Waals surface area contributed by atoms with E-state index in [0.29, 0.717) is 17.2 Å². The second kappa shape index (κ2) is 6.15. The van der Waals surface area contributed by atoms with E-state index in [1.807, 2.05) is 6.07 Å². The van der Waals surface area contributed by atoms with Crippen LogP contribution in [0.15, 0.2) is 18.5 Å². The minimum Gasteiger partial charge on any atom is -0.299 e. The van der Waals surface area contributed by atoms with Gasteiger partial charge in [0, 0.05) is 24.7 Å². The molecule has 1 aliphatic carbocycles. The molecule has 0 atom stereocenters. The molecular weight excluding hydrogens is 234 g/mol. The van der Waals surface area contributed by atoms with Crippen molar-refractivity contribution in [3.05, 3.63) is 29.0 Å². The van der Waals surface area contributed by atoms with Crippen LogP contribution < -0.4 is 0 Å². The van der Waals surface area contributed by atoms with E-state index >= 15 is 0 Å². The Morgan fingerprint density at radius 3 is 2.65 bits per heavy atom. The molecule has 2 nitrogen and oxygen atoms in total. The number of hydrogen-bond acceptors (Lipinski definition) is 2. The summed E-state index contributed by atoms with van der Waals surface area (Å²) in [7, 11) is 0. The van der Waals surface area contributed by atoms with Gasteiger partial charge in [0.1, 0.15) is 5.78 Å². The number of rotatable bonds is 3. The highest BCUT2D eigenvalue weighted by Gasteiger charge is 2.20. The summed E-state index contributed by atoms with van der Waals surface area (Å²) in [6.07, 6.45) is 10.8. The van der Waals surface area contributed by atoms with Gasteiger partial charge in [0.15, 0.2) is 0 Å². The smallest absolute Gasteiger partial charge is 0.140 e. The van der Waals surface area contributed by atoms with Gasteiger partial charge in [0.05, 0.1) is 5.02 Å². The van der Waals surface area contributed by atoms with Crippen molar-refractivity contribution < 1.29 is 4.79 Å². The maximum absolute atomic E-state index is 12.2. The zero-order valence-corrected chi connectivity index (χ0v) is 10.7. The number of hydrogen-bond donors (Lipinski definition) is 0. The summed E-state index contributed by atoms with van der Waals surface area (Å²) in [4.78, 5) is 16.1. The number of ketones is 1. The van der Waals surface area contributed by atoms with Crippen LogP contribution in [0.5, 0.6) is 0 Å². The van der Waals surface area contributed by atoms with Gasteiger partial charge in [0.25, 0.3) is 0 Å². The summed E-state index contributed by atoms with van der Waals surface area (Å²) in [5, 5.41) is 0.606. The molecule has 2 rings (SSSR count). The van der Waals surface area contributed by atoms with E-state index in [4.69, 9.17) is 11.6 Å². The largest absolute Gasteiger partial charge is 0.299 e. The molecule has 1 fully saturated rings. The third-order valence-electron chi connectivity index (χ3n) is 3.53. The molecule has 17 heavy (non-hydrogen) atoms. The van der Waals surface area contributed by atoms with Crippen molar-refractivity contribution in [3.63, 3.8) is 0 Å². The Bertz CT molecular complexity index is 384. The predicted molar refractivity (Wildman–Crippen MR) is 69.2 cm³/mol. The number of carbonyl (C=O) groups excluding carboxylic acids is 1. The van der Waals surface area contributed by atoms with E-state index in [2.05, 4.69) is 4.98 Å². The van der Waals surface area contributed by atoms with Crippen LogP contribution in [-0.2, 0) is 11.2 Å². The average Bonchev–Trinajstić information content (AvgIpc) is 2.61. The van der Waals surface area contributed by atoms with Crippen LogP contribution in [0.2, 0.25) is 5.02 Å². The molecule has 0 aromatic carbocycles. The quantitative estimate of drug-likeness (QED) is 0.765. The molecular formula is C14H18ClNO. The van der Waals surface area contributed by atoms with E-state index in [9.17, 15) is 4.79 Å². The summed E-state index contributed by atoms with van der Waals surface area (Å²) in [5.41, 5.74) is 0.913. The molecule has 0 saturated heterocycles. The molecule has 1 aromatic heterocycles. The molecule has 0 bridgehead atoms. The third kappa shape index (κ3) is 3.53. The normalized spacial score (nSPS) is 17.7. The van der Waals surface area contributed by atoms with E-state index < -0.39 is 0 Å². The van der Waals surface area contributed by atoms with Gasteiger partial charge >= 0.3 is 0 Å². The lowest BCUT2D eigenvalue weighted by molar-refractivity contribution is -0.122.